The van der Waals surface area contributed by atoms with Crippen molar-refractivity contribution >= 4 is 23.6 Å². The Labute approximate surface area is 246 Å². The minimum absolute atomic E-state index is 0.165. The molecule has 224 valence electrons. The molecular formula is C32H41N5O5. The molecule has 0 aromatic heterocycles. The second-order valence-electron chi connectivity index (χ2n) is 11.0. The minimum Gasteiger partial charge on any atom is -0.376 e. The molecule has 2 heterocycles. The Bertz CT molecular complexity index is 1240. The predicted octanol–water partition coefficient (Wildman–Crippen LogP) is 2.37. The normalized spacial score (nSPS) is 23.1. The largest absolute Gasteiger partial charge is 0.376 e. The highest BCUT2D eigenvalue weighted by Crippen LogP contribution is 2.25. The Morgan fingerprint density at radius 3 is 2.07 bits per heavy atom. The van der Waals surface area contributed by atoms with Crippen LogP contribution < -0.4 is 21.4 Å². The highest BCUT2D eigenvalue weighted by molar-refractivity contribution is 5.94. The van der Waals surface area contributed by atoms with Crippen LogP contribution in [0.25, 0.3) is 0 Å². The van der Waals surface area contributed by atoms with Crippen LogP contribution in [0.4, 0.5) is 0 Å². The fourth-order valence-corrected chi connectivity index (χ4v) is 5.70. The first-order chi connectivity index (χ1) is 20.4. The Morgan fingerprint density at radius 1 is 0.833 bits per heavy atom. The van der Waals surface area contributed by atoms with Crippen LogP contribution in [-0.2, 0) is 32.0 Å². The van der Waals surface area contributed by atoms with Gasteiger partial charge in [-0.05, 0) is 36.8 Å². The van der Waals surface area contributed by atoms with Crippen molar-refractivity contribution in [2.75, 3.05) is 6.54 Å². The zero-order valence-electron chi connectivity index (χ0n) is 23.9. The number of fused-ring (bicyclic) bond motifs is 1. The topological polar surface area (TPSA) is 140 Å². The highest BCUT2D eigenvalue weighted by atomic mass is 16.5. The quantitative estimate of drug-likeness (QED) is 0.167. The third kappa shape index (κ3) is 8.42. The first-order valence-electron chi connectivity index (χ1n) is 14.7. The smallest absolute Gasteiger partial charge is 0.246 e. The minimum atomic E-state index is -0.898. The van der Waals surface area contributed by atoms with Gasteiger partial charge in [-0.3, -0.25) is 24.4 Å². The Morgan fingerprint density at radius 2 is 1.43 bits per heavy atom. The number of benzene rings is 2. The van der Waals surface area contributed by atoms with E-state index in [0.717, 1.165) is 17.5 Å². The number of nitrogens with one attached hydrogen (secondary N) is 4. The number of amides is 4. The van der Waals surface area contributed by atoms with Crippen molar-refractivity contribution in [2.45, 2.75) is 82.0 Å². The molecule has 2 aromatic carbocycles. The second kappa shape index (κ2) is 15.2. The molecule has 4 atom stereocenters. The van der Waals surface area contributed by atoms with Crippen LogP contribution in [0.5, 0.6) is 0 Å². The molecule has 0 spiro atoms. The molecule has 5 N–H and O–H groups in total. The molecule has 2 saturated heterocycles. The van der Waals surface area contributed by atoms with E-state index in [1.807, 2.05) is 60.7 Å². The van der Waals surface area contributed by atoms with Gasteiger partial charge in [0.05, 0.1) is 6.04 Å². The summed E-state index contributed by atoms with van der Waals surface area (Å²) in [6, 6.07) is 16.4. The van der Waals surface area contributed by atoms with Crippen LogP contribution >= 0.6 is 0 Å². The number of hydrogen-bond acceptors (Lipinski definition) is 6. The van der Waals surface area contributed by atoms with Crippen molar-refractivity contribution in [1.29, 1.82) is 0 Å². The molecule has 2 fully saturated rings. The monoisotopic (exact) mass is 575 g/mol. The summed E-state index contributed by atoms with van der Waals surface area (Å²) in [4.78, 5) is 54.6. The lowest BCUT2D eigenvalue weighted by molar-refractivity contribution is -0.138. The number of carbonyl (C=O) groups is 4. The van der Waals surface area contributed by atoms with Crippen molar-refractivity contribution in [3.8, 4) is 0 Å². The van der Waals surface area contributed by atoms with Crippen molar-refractivity contribution in [3.63, 3.8) is 0 Å². The van der Waals surface area contributed by atoms with Gasteiger partial charge in [0, 0.05) is 31.5 Å². The summed E-state index contributed by atoms with van der Waals surface area (Å²) in [5.41, 5.74) is 4.04. The van der Waals surface area contributed by atoms with Gasteiger partial charge in [0.15, 0.2) is 0 Å². The molecular weight excluding hydrogens is 534 g/mol. The molecule has 10 nitrogen and oxygen atoms in total. The molecule has 4 amide bonds. The van der Waals surface area contributed by atoms with Gasteiger partial charge in [-0.25, -0.2) is 5.48 Å². The average Bonchev–Trinajstić information content (AvgIpc) is 3.50. The third-order valence-electron chi connectivity index (χ3n) is 7.95. The van der Waals surface area contributed by atoms with E-state index in [9.17, 15) is 19.2 Å². The molecule has 0 aliphatic carbocycles. The summed E-state index contributed by atoms with van der Waals surface area (Å²) in [5, 5.41) is 18.0. The fourth-order valence-electron chi connectivity index (χ4n) is 5.70. The molecule has 2 aromatic rings. The SMILES string of the molecule is C=C1N[C@@H](CCCCCC(=O)NO)C(=O)N[C@@H](Cc2ccccc2)C(=O)N[C@@H](Cc2ccccc2)C(=O)N2CCCC12. The standard InChI is InChI=1S/C32H41N5O5/c1-22-28-17-11-19-37(28)32(41)27(21-24-14-7-3-8-15-24)35-31(40)26(20-23-12-5-2-6-13-23)34-30(39)25(33-22)16-9-4-10-18-29(38)36-42/h2-3,5-8,12-15,25-28,33,42H,1,4,9-11,16-21H2,(H,34,39)(H,35,40)(H,36,38)/t25-,26-,27-,28?/m0/s1. The molecule has 2 aliphatic rings. The first-order valence-corrected chi connectivity index (χ1v) is 14.7. The zero-order chi connectivity index (χ0) is 29.9. The van der Waals surface area contributed by atoms with E-state index in [2.05, 4.69) is 22.5 Å². The Hall–Kier alpha value is -4.18. The van der Waals surface area contributed by atoms with E-state index >= 15 is 0 Å². The van der Waals surface area contributed by atoms with Crippen molar-refractivity contribution in [2.24, 2.45) is 0 Å². The summed E-state index contributed by atoms with van der Waals surface area (Å²) in [6.07, 6.45) is 4.62. The molecule has 4 rings (SSSR count). The maximum Gasteiger partial charge on any atom is 0.246 e. The van der Waals surface area contributed by atoms with Gasteiger partial charge >= 0.3 is 0 Å². The number of nitrogens with zero attached hydrogens (tertiary/aromatic N) is 1. The van der Waals surface area contributed by atoms with Crippen molar-refractivity contribution in [1.82, 2.24) is 26.3 Å². The maximum absolute atomic E-state index is 14.0. The van der Waals surface area contributed by atoms with E-state index < -0.39 is 29.9 Å². The third-order valence-corrected chi connectivity index (χ3v) is 7.95. The number of rotatable bonds is 10. The first kappa shape index (κ1) is 30.8. The number of hydrogen-bond donors (Lipinski definition) is 5. The summed E-state index contributed by atoms with van der Waals surface area (Å²) in [6.45, 7) is 4.78. The zero-order valence-corrected chi connectivity index (χ0v) is 23.9. The van der Waals surface area contributed by atoms with E-state index in [1.165, 1.54) is 0 Å². The average molecular weight is 576 g/mol. The van der Waals surface area contributed by atoms with Crippen LogP contribution in [0.15, 0.2) is 72.9 Å². The van der Waals surface area contributed by atoms with Crippen molar-refractivity contribution in [3.05, 3.63) is 84.1 Å². The van der Waals surface area contributed by atoms with Gasteiger partial charge < -0.3 is 20.9 Å². The summed E-state index contributed by atoms with van der Waals surface area (Å²) < 4.78 is 0. The maximum atomic E-state index is 14.0. The van der Waals surface area contributed by atoms with Gasteiger partial charge in [-0.15, -0.1) is 0 Å². The van der Waals surface area contributed by atoms with E-state index in [1.54, 1.807) is 10.4 Å². The van der Waals surface area contributed by atoms with Crippen LogP contribution in [0.1, 0.15) is 56.1 Å². The Kier molecular flexibility index (Phi) is 11.1. The van der Waals surface area contributed by atoms with E-state index in [-0.39, 0.29) is 30.7 Å². The van der Waals surface area contributed by atoms with Gasteiger partial charge in [-0.2, -0.15) is 0 Å². The van der Waals surface area contributed by atoms with Crippen LogP contribution in [-0.4, -0.2) is 64.4 Å². The summed E-state index contributed by atoms with van der Waals surface area (Å²) in [5.74, 6) is -1.35. The molecule has 0 bridgehead atoms. The molecule has 0 saturated carbocycles. The summed E-state index contributed by atoms with van der Waals surface area (Å²) in [7, 11) is 0. The molecule has 1 unspecified atom stereocenters. The second-order valence-corrected chi connectivity index (χ2v) is 11.0. The van der Waals surface area contributed by atoms with Crippen molar-refractivity contribution < 1.29 is 24.4 Å². The highest BCUT2D eigenvalue weighted by Gasteiger charge is 2.38. The lowest BCUT2D eigenvalue weighted by atomic mass is 9.99. The number of carbonyl (C=O) groups excluding carboxylic acids is 4. The van der Waals surface area contributed by atoms with Crippen LogP contribution in [0.3, 0.4) is 0 Å². The molecule has 2 aliphatic heterocycles. The van der Waals surface area contributed by atoms with Crippen LogP contribution in [0, 0.1) is 0 Å². The van der Waals surface area contributed by atoms with Gasteiger partial charge in [-0.1, -0.05) is 80.1 Å². The number of unbranched alkanes of at least 4 members (excludes halogenated alkanes) is 2. The fraction of sp³-hybridized carbons (Fsp3) is 0.438. The van der Waals surface area contributed by atoms with Gasteiger partial charge in [0.2, 0.25) is 23.6 Å². The van der Waals surface area contributed by atoms with Crippen LogP contribution in [0.2, 0.25) is 0 Å². The molecule has 42 heavy (non-hydrogen) atoms. The van der Waals surface area contributed by atoms with E-state index in [0.29, 0.717) is 50.8 Å². The molecule has 10 heteroatoms. The molecule has 0 radical (unpaired) electrons. The summed E-state index contributed by atoms with van der Waals surface area (Å²) >= 11 is 0. The number of hydroxylamine groups is 1. The van der Waals surface area contributed by atoms with Gasteiger partial charge in [0.25, 0.3) is 0 Å². The Balaban J connectivity index is 1.59. The van der Waals surface area contributed by atoms with Gasteiger partial charge in [0.1, 0.15) is 18.1 Å². The predicted molar refractivity (Wildman–Crippen MR) is 158 cm³/mol. The van der Waals surface area contributed by atoms with E-state index in [4.69, 9.17) is 5.21 Å². The lowest BCUT2D eigenvalue weighted by Gasteiger charge is -2.34. The lowest BCUT2D eigenvalue weighted by Crippen LogP contribution is -2.60.